The Morgan fingerprint density at radius 3 is 2.16 bits per heavy atom. The summed E-state index contributed by atoms with van der Waals surface area (Å²) in [5.41, 5.74) is -0.357. The summed E-state index contributed by atoms with van der Waals surface area (Å²) in [5, 5.41) is 14.2. The first kappa shape index (κ1) is 41.0. The van der Waals surface area contributed by atoms with Gasteiger partial charge in [0.25, 0.3) is 17.7 Å². The molecule has 55 heavy (non-hydrogen) atoms. The number of nitrogens with zero attached hydrogens (tertiary/aromatic N) is 3. The van der Waals surface area contributed by atoms with E-state index in [1.807, 2.05) is 6.92 Å². The molecule has 3 fully saturated rings. The average molecular weight is 759 g/mol. The van der Waals surface area contributed by atoms with E-state index in [2.05, 4.69) is 36.6 Å². The van der Waals surface area contributed by atoms with E-state index in [-0.39, 0.29) is 43.1 Å². The molecule has 2 heterocycles. The van der Waals surface area contributed by atoms with Crippen molar-refractivity contribution in [3.8, 4) is 0 Å². The summed E-state index contributed by atoms with van der Waals surface area (Å²) < 4.78 is 0. The van der Waals surface area contributed by atoms with E-state index in [9.17, 15) is 33.6 Å². The summed E-state index contributed by atoms with van der Waals surface area (Å²) in [6.45, 7) is 7.15. The minimum Gasteiger partial charge on any atom is -0.349 e. The van der Waals surface area contributed by atoms with Crippen LogP contribution in [0.15, 0.2) is 48.9 Å². The number of carbonyl (C=O) groups is 7. The molecule has 2 saturated carbocycles. The Bertz CT molecular complexity index is 1710. The summed E-state index contributed by atoms with van der Waals surface area (Å²) in [6.07, 6.45) is 10.8. The van der Waals surface area contributed by atoms with Crippen LogP contribution in [0.1, 0.15) is 106 Å². The Balaban J connectivity index is 1.36. The number of nitrogens with one attached hydrogen (secondary N) is 5. The number of Topliss-reactive ketones (excluding diaryl/α,β-unsaturated/α-hetero) is 1. The van der Waals surface area contributed by atoms with Gasteiger partial charge >= 0.3 is 0 Å². The Kier molecular flexibility index (Phi) is 13.7. The van der Waals surface area contributed by atoms with Crippen molar-refractivity contribution in [2.45, 2.75) is 116 Å². The molecule has 5 atom stereocenters. The van der Waals surface area contributed by atoms with Gasteiger partial charge in [0.05, 0.1) is 24.2 Å². The van der Waals surface area contributed by atoms with Crippen molar-refractivity contribution in [3.63, 3.8) is 0 Å². The van der Waals surface area contributed by atoms with E-state index < -0.39 is 70.8 Å². The SMILES string of the molecule is CCCC(NC(=O)[C@@H]1CN(C(=O)c2ccccc2)C[C@@H]1NC(=O)[C@@H](NC(=O)[C@@H](NC(=O)c1cnccn1)C1CCCCC1)C(C)(C)C)C(=O)C(=O)NC1CC1. The lowest BCUT2D eigenvalue weighted by Gasteiger charge is -2.35. The van der Waals surface area contributed by atoms with Crippen LogP contribution in [0.4, 0.5) is 0 Å². The molecule has 1 aliphatic heterocycles. The molecular weight excluding hydrogens is 704 g/mol. The maximum absolute atomic E-state index is 14.3. The second-order valence-corrected chi connectivity index (χ2v) is 16.0. The van der Waals surface area contributed by atoms with Crippen molar-refractivity contribution in [1.82, 2.24) is 41.5 Å². The van der Waals surface area contributed by atoms with Crippen LogP contribution < -0.4 is 26.6 Å². The van der Waals surface area contributed by atoms with Gasteiger partial charge in [-0.05, 0) is 55.6 Å². The lowest BCUT2D eigenvalue weighted by atomic mass is 9.82. The Morgan fingerprint density at radius 1 is 0.836 bits per heavy atom. The lowest BCUT2D eigenvalue weighted by Crippen LogP contribution is -2.61. The van der Waals surface area contributed by atoms with Gasteiger partial charge in [0.15, 0.2) is 0 Å². The average Bonchev–Trinajstić information content (AvgIpc) is 3.90. The van der Waals surface area contributed by atoms with Crippen molar-refractivity contribution in [1.29, 1.82) is 0 Å². The topological polar surface area (TPSA) is 209 Å². The van der Waals surface area contributed by atoms with E-state index >= 15 is 0 Å². The van der Waals surface area contributed by atoms with Crippen LogP contribution >= 0.6 is 0 Å². The van der Waals surface area contributed by atoms with E-state index in [0.29, 0.717) is 12.0 Å². The third-order valence-corrected chi connectivity index (χ3v) is 10.5. The first-order valence-electron chi connectivity index (χ1n) is 19.4. The quantitative estimate of drug-likeness (QED) is 0.168. The molecule has 296 valence electrons. The predicted octanol–water partition coefficient (Wildman–Crippen LogP) is 2.08. The number of hydrogen-bond donors (Lipinski definition) is 5. The fourth-order valence-corrected chi connectivity index (χ4v) is 7.29. The molecule has 15 nitrogen and oxygen atoms in total. The highest BCUT2D eigenvalue weighted by atomic mass is 16.2. The molecule has 0 radical (unpaired) electrons. The summed E-state index contributed by atoms with van der Waals surface area (Å²) in [5.74, 6) is -5.21. The fraction of sp³-hybridized carbons (Fsp3) is 0.575. The molecule has 1 aromatic heterocycles. The maximum Gasteiger partial charge on any atom is 0.289 e. The summed E-state index contributed by atoms with van der Waals surface area (Å²) in [7, 11) is 0. The van der Waals surface area contributed by atoms with Crippen LogP contribution in [0.2, 0.25) is 0 Å². The number of amides is 6. The Morgan fingerprint density at radius 2 is 1.55 bits per heavy atom. The van der Waals surface area contributed by atoms with Gasteiger partial charge in [-0.3, -0.25) is 38.5 Å². The monoisotopic (exact) mass is 758 g/mol. The van der Waals surface area contributed by atoms with Gasteiger partial charge in [-0.25, -0.2) is 4.98 Å². The smallest absolute Gasteiger partial charge is 0.289 e. The minimum atomic E-state index is -1.11. The van der Waals surface area contributed by atoms with E-state index in [1.165, 1.54) is 23.5 Å². The molecular formula is C40H54N8O7. The molecule has 6 amide bonds. The molecule has 1 aromatic carbocycles. The largest absolute Gasteiger partial charge is 0.349 e. The predicted molar refractivity (Wildman–Crippen MR) is 202 cm³/mol. The first-order chi connectivity index (χ1) is 26.3. The zero-order valence-electron chi connectivity index (χ0n) is 32.1. The van der Waals surface area contributed by atoms with Crippen LogP contribution in [-0.2, 0) is 24.0 Å². The maximum atomic E-state index is 14.3. The summed E-state index contributed by atoms with van der Waals surface area (Å²) in [4.78, 5) is 105. The Labute approximate surface area is 321 Å². The molecule has 15 heteroatoms. The number of hydrogen-bond acceptors (Lipinski definition) is 9. The van der Waals surface area contributed by atoms with Crippen molar-refractivity contribution in [2.24, 2.45) is 17.3 Å². The van der Waals surface area contributed by atoms with Gasteiger partial charge in [-0.2, -0.15) is 0 Å². The summed E-state index contributed by atoms with van der Waals surface area (Å²) >= 11 is 0. The standard InChI is InChI=1S/C40H54N8O7/c1-5-12-28(32(49)37(53)43-26-17-18-26)44-34(50)27-22-48(39(55)25-15-10-7-11-16-25)23-30(27)45-38(54)33(40(2,3)4)47-36(52)31(24-13-8-6-9-14-24)46-35(51)29-21-41-19-20-42-29/h7,10-11,15-16,19-21,24,26-28,30-31,33H,5-6,8-9,12-14,17-18,22-23H2,1-4H3,(H,43,53)(H,44,50)(H,45,54)(H,46,51)(H,47,52)/t27-,28?,30+,31+,33-/m1/s1. The van der Waals surface area contributed by atoms with E-state index in [1.54, 1.807) is 51.1 Å². The van der Waals surface area contributed by atoms with Crippen molar-refractivity contribution in [2.75, 3.05) is 13.1 Å². The molecule has 0 spiro atoms. The van der Waals surface area contributed by atoms with Crippen LogP contribution in [0.5, 0.6) is 0 Å². The number of aromatic nitrogens is 2. The molecule has 3 aliphatic rings. The van der Waals surface area contributed by atoms with Crippen molar-refractivity contribution in [3.05, 3.63) is 60.2 Å². The molecule has 2 aromatic rings. The zero-order chi connectivity index (χ0) is 39.7. The highest BCUT2D eigenvalue weighted by Gasteiger charge is 2.45. The van der Waals surface area contributed by atoms with Gasteiger partial charge in [-0.1, -0.05) is 71.6 Å². The highest BCUT2D eigenvalue weighted by molar-refractivity contribution is 6.38. The number of likely N-dealkylation sites (tertiary alicyclic amines) is 1. The van der Waals surface area contributed by atoms with Crippen LogP contribution in [0.3, 0.4) is 0 Å². The molecule has 2 aliphatic carbocycles. The van der Waals surface area contributed by atoms with Crippen LogP contribution in [-0.4, -0.2) is 99.4 Å². The number of ketones is 1. The normalized spacial score (nSPS) is 20.3. The van der Waals surface area contributed by atoms with Crippen LogP contribution in [0.25, 0.3) is 0 Å². The number of carbonyl (C=O) groups excluding carboxylic acids is 7. The highest BCUT2D eigenvalue weighted by Crippen LogP contribution is 2.29. The molecule has 1 saturated heterocycles. The molecule has 1 unspecified atom stereocenters. The first-order valence-corrected chi connectivity index (χ1v) is 19.4. The van der Waals surface area contributed by atoms with E-state index in [0.717, 1.165) is 44.9 Å². The summed E-state index contributed by atoms with van der Waals surface area (Å²) in [6, 6.07) is 4.50. The molecule has 5 N–H and O–H groups in total. The number of rotatable bonds is 15. The third-order valence-electron chi connectivity index (χ3n) is 10.5. The van der Waals surface area contributed by atoms with Gasteiger partial charge in [0.1, 0.15) is 17.8 Å². The second kappa shape index (κ2) is 18.4. The van der Waals surface area contributed by atoms with Crippen LogP contribution in [0, 0.1) is 17.3 Å². The molecule has 5 rings (SSSR count). The third kappa shape index (κ3) is 10.9. The fourth-order valence-electron chi connectivity index (χ4n) is 7.29. The minimum absolute atomic E-state index is 0.0181. The van der Waals surface area contributed by atoms with Gasteiger partial charge in [0, 0.05) is 37.1 Å². The van der Waals surface area contributed by atoms with Gasteiger partial charge in [-0.15, -0.1) is 0 Å². The second-order valence-electron chi connectivity index (χ2n) is 16.0. The number of benzene rings is 1. The zero-order valence-corrected chi connectivity index (χ0v) is 32.1. The lowest BCUT2D eigenvalue weighted by molar-refractivity contribution is -0.140. The van der Waals surface area contributed by atoms with Crippen molar-refractivity contribution < 1.29 is 33.6 Å². The van der Waals surface area contributed by atoms with Gasteiger partial charge in [0.2, 0.25) is 23.5 Å². The van der Waals surface area contributed by atoms with Crippen molar-refractivity contribution >= 4 is 41.2 Å². The Hall–Kier alpha value is -5.21. The van der Waals surface area contributed by atoms with E-state index in [4.69, 9.17) is 0 Å². The molecule has 0 bridgehead atoms. The van der Waals surface area contributed by atoms with Gasteiger partial charge < -0.3 is 31.5 Å².